The quantitative estimate of drug-likeness (QED) is 0.791. The van der Waals surface area contributed by atoms with Gasteiger partial charge in [0.15, 0.2) is 0 Å². The van der Waals surface area contributed by atoms with Crippen LogP contribution >= 0.6 is 11.8 Å². The van der Waals surface area contributed by atoms with E-state index in [9.17, 15) is 22.8 Å². The van der Waals surface area contributed by atoms with Crippen molar-refractivity contribution in [2.75, 3.05) is 25.2 Å². The number of alkyl halides is 3. The average molecular weight is 382 g/mol. The Morgan fingerprint density at radius 3 is 2.42 bits per heavy atom. The third-order valence-electron chi connectivity index (χ3n) is 3.43. The van der Waals surface area contributed by atoms with Gasteiger partial charge in [-0.25, -0.2) is 0 Å². The minimum absolute atomic E-state index is 0.0500. The van der Waals surface area contributed by atoms with Gasteiger partial charge in [0.05, 0.1) is 16.9 Å². The maximum atomic E-state index is 12.8. The number of nitrogens with zero attached hydrogens (tertiary/aromatic N) is 1. The molecule has 2 amide bonds. The molecule has 1 N–H and O–H groups in total. The molecule has 0 aliphatic carbocycles. The lowest BCUT2D eigenvalue weighted by Crippen LogP contribution is -2.23. The highest BCUT2D eigenvalue weighted by Crippen LogP contribution is 2.31. The molecule has 0 saturated carbocycles. The first kappa shape index (κ1) is 19.8. The monoisotopic (exact) mass is 382 g/mol. The summed E-state index contributed by atoms with van der Waals surface area (Å²) in [5.74, 6) is -0.492. The predicted octanol–water partition coefficient (Wildman–Crippen LogP) is 4.14. The first-order valence-electron chi connectivity index (χ1n) is 7.59. The average Bonchev–Trinajstić information content (AvgIpc) is 2.59. The van der Waals surface area contributed by atoms with Gasteiger partial charge in [0.2, 0.25) is 5.91 Å². The molecule has 8 heteroatoms. The second kappa shape index (κ2) is 8.27. The molecule has 2 aromatic carbocycles. The molecule has 0 unspecified atom stereocenters. The van der Waals surface area contributed by atoms with Gasteiger partial charge < -0.3 is 10.2 Å². The summed E-state index contributed by atoms with van der Waals surface area (Å²) in [6, 6.07) is 11.1. The molecule has 0 radical (unpaired) electrons. The summed E-state index contributed by atoms with van der Waals surface area (Å²) < 4.78 is 38.3. The van der Waals surface area contributed by atoms with E-state index >= 15 is 0 Å². The molecule has 0 aliphatic rings. The van der Waals surface area contributed by atoms with E-state index in [-0.39, 0.29) is 17.3 Å². The molecule has 0 bridgehead atoms. The number of amides is 2. The zero-order valence-electron chi connectivity index (χ0n) is 14.1. The SMILES string of the molecule is CN(C)C(=O)CSc1ccccc1C(=O)Nc1cccc(C(F)(F)F)c1. The lowest BCUT2D eigenvalue weighted by Gasteiger charge is -2.13. The molecule has 0 heterocycles. The van der Waals surface area contributed by atoms with E-state index in [1.54, 1.807) is 38.4 Å². The van der Waals surface area contributed by atoms with E-state index in [0.717, 1.165) is 12.1 Å². The molecular weight excluding hydrogens is 365 g/mol. The summed E-state index contributed by atoms with van der Waals surface area (Å²) >= 11 is 1.20. The van der Waals surface area contributed by atoms with Gasteiger partial charge in [-0.1, -0.05) is 18.2 Å². The van der Waals surface area contributed by atoms with Crippen LogP contribution in [0.15, 0.2) is 53.4 Å². The van der Waals surface area contributed by atoms with E-state index in [4.69, 9.17) is 0 Å². The topological polar surface area (TPSA) is 49.4 Å². The first-order valence-corrected chi connectivity index (χ1v) is 8.57. The summed E-state index contributed by atoms with van der Waals surface area (Å²) in [7, 11) is 3.27. The van der Waals surface area contributed by atoms with Crippen LogP contribution in [0, 0.1) is 0 Å². The van der Waals surface area contributed by atoms with Crippen molar-refractivity contribution in [1.82, 2.24) is 4.90 Å². The van der Waals surface area contributed by atoms with E-state index in [2.05, 4.69) is 5.32 Å². The molecule has 26 heavy (non-hydrogen) atoms. The number of thioether (sulfide) groups is 1. The number of hydrogen-bond donors (Lipinski definition) is 1. The smallest absolute Gasteiger partial charge is 0.348 e. The Morgan fingerprint density at radius 1 is 1.08 bits per heavy atom. The lowest BCUT2D eigenvalue weighted by molar-refractivity contribution is -0.137. The number of benzene rings is 2. The molecule has 2 aromatic rings. The van der Waals surface area contributed by atoms with Crippen molar-refractivity contribution in [3.63, 3.8) is 0 Å². The highest BCUT2D eigenvalue weighted by atomic mass is 32.2. The van der Waals surface area contributed by atoms with Crippen molar-refractivity contribution in [1.29, 1.82) is 0 Å². The summed E-state index contributed by atoms with van der Waals surface area (Å²) in [6.07, 6.45) is -4.49. The fourth-order valence-electron chi connectivity index (χ4n) is 2.02. The van der Waals surface area contributed by atoms with Gasteiger partial charge in [0, 0.05) is 24.7 Å². The predicted molar refractivity (Wildman–Crippen MR) is 95.3 cm³/mol. The Balaban J connectivity index is 2.16. The van der Waals surface area contributed by atoms with E-state index in [0.29, 0.717) is 10.5 Å². The number of anilines is 1. The van der Waals surface area contributed by atoms with Gasteiger partial charge in [-0.3, -0.25) is 9.59 Å². The summed E-state index contributed by atoms with van der Waals surface area (Å²) in [5, 5.41) is 2.47. The standard InChI is InChI=1S/C18H17F3N2O2S/c1-23(2)16(24)11-26-15-9-4-3-8-14(15)17(25)22-13-7-5-6-12(10-13)18(19,20)21/h3-10H,11H2,1-2H3,(H,22,25). The molecule has 0 fully saturated rings. The van der Waals surface area contributed by atoms with Crippen LogP contribution < -0.4 is 5.32 Å². The second-order valence-corrected chi connectivity index (χ2v) is 6.62. The number of rotatable bonds is 5. The van der Waals surface area contributed by atoms with Gasteiger partial charge in [0.25, 0.3) is 5.91 Å². The number of nitrogens with one attached hydrogen (secondary N) is 1. The van der Waals surface area contributed by atoms with Crippen molar-refractivity contribution in [2.24, 2.45) is 0 Å². The van der Waals surface area contributed by atoms with Crippen LogP contribution in [0.5, 0.6) is 0 Å². The highest BCUT2D eigenvalue weighted by Gasteiger charge is 2.30. The van der Waals surface area contributed by atoms with E-state index in [1.165, 1.54) is 28.8 Å². The van der Waals surface area contributed by atoms with Gasteiger partial charge >= 0.3 is 6.18 Å². The normalized spacial score (nSPS) is 11.1. The molecule has 4 nitrogen and oxygen atoms in total. The van der Waals surface area contributed by atoms with Crippen LogP contribution in [-0.2, 0) is 11.0 Å². The Labute approximate surface area is 153 Å². The van der Waals surface area contributed by atoms with E-state index in [1.807, 2.05) is 0 Å². The van der Waals surface area contributed by atoms with Gasteiger partial charge in [-0.2, -0.15) is 13.2 Å². The largest absolute Gasteiger partial charge is 0.416 e. The van der Waals surface area contributed by atoms with Crippen LogP contribution in [0.3, 0.4) is 0 Å². The van der Waals surface area contributed by atoms with Crippen LogP contribution in [0.25, 0.3) is 0 Å². The summed E-state index contributed by atoms with van der Waals surface area (Å²) in [4.78, 5) is 26.2. The second-order valence-electron chi connectivity index (χ2n) is 5.61. The van der Waals surface area contributed by atoms with Gasteiger partial charge in [-0.05, 0) is 30.3 Å². The van der Waals surface area contributed by atoms with Crippen molar-refractivity contribution >= 4 is 29.3 Å². The number of halogens is 3. The van der Waals surface area contributed by atoms with Crippen LogP contribution in [-0.4, -0.2) is 36.6 Å². The molecule has 0 aromatic heterocycles. The fraction of sp³-hybridized carbons (Fsp3) is 0.222. The molecular formula is C18H17F3N2O2S. The van der Waals surface area contributed by atoms with Crippen molar-refractivity contribution in [2.45, 2.75) is 11.1 Å². The number of carbonyl (C=O) groups is 2. The number of hydrogen-bond acceptors (Lipinski definition) is 3. The molecule has 0 spiro atoms. The Kier molecular flexibility index (Phi) is 6.31. The molecule has 0 aliphatic heterocycles. The van der Waals surface area contributed by atoms with Crippen LogP contribution in [0.1, 0.15) is 15.9 Å². The van der Waals surface area contributed by atoms with Crippen molar-refractivity contribution in [3.05, 3.63) is 59.7 Å². The maximum Gasteiger partial charge on any atom is 0.416 e. The fourth-order valence-corrected chi connectivity index (χ4v) is 3.05. The summed E-state index contributed by atoms with van der Waals surface area (Å²) in [6.45, 7) is 0. The Hall–Kier alpha value is -2.48. The van der Waals surface area contributed by atoms with Crippen LogP contribution in [0.2, 0.25) is 0 Å². The molecule has 0 atom stereocenters. The van der Waals surface area contributed by atoms with Crippen molar-refractivity contribution < 1.29 is 22.8 Å². The Morgan fingerprint density at radius 2 is 1.77 bits per heavy atom. The third-order valence-corrected chi connectivity index (χ3v) is 4.49. The molecule has 0 saturated heterocycles. The Bertz CT molecular complexity index is 807. The van der Waals surface area contributed by atoms with Gasteiger partial charge in [-0.15, -0.1) is 11.8 Å². The van der Waals surface area contributed by atoms with Crippen LogP contribution in [0.4, 0.5) is 18.9 Å². The first-order chi connectivity index (χ1) is 12.2. The minimum atomic E-state index is -4.49. The molecule has 2 rings (SSSR count). The third kappa shape index (κ3) is 5.26. The lowest BCUT2D eigenvalue weighted by atomic mass is 10.1. The number of carbonyl (C=O) groups excluding carboxylic acids is 2. The zero-order chi connectivity index (χ0) is 19.3. The summed E-state index contributed by atoms with van der Waals surface area (Å²) in [5.41, 5.74) is -0.495. The van der Waals surface area contributed by atoms with Crippen molar-refractivity contribution in [3.8, 4) is 0 Å². The maximum absolute atomic E-state index is 12.8. The molecule has 138 valence electrons. The zero-order valence-corrected chi connectivity index (χ0v) is 14.9. The highest BCUT2D eigenvalue weighted by molar-refractivity contribution is 8.00. The van der Waals surface area contributed by atoms with Gasteiger partial charge in [0.1, 0.15) is 0 Å². The van der Waals surface area contributed by atoms with E-state index < -0.39 is 17.6 Å². The minimum Gasteiger partial charge on any atom is -0.348 e.